The number of nitrogens with one attached hydrogen (secondary N) is 1. The summed E-state index contributed by atoms with van der Waals surface area (Å²) in [5, 5.41) is 7.05. The molecule has 0 saturated carbocycles. The predicted molar refractivity (Wildman–Crippen MR) is 107 cm³/mol. The van der Waals surface area contributed by atoms with Gasteiger partial charge in [-0.25, -0.2) is 14.6 Å². The van der Waals surface area contributed by atoms with Crippen molar-refractivity contribution in [2.24, 2.45) is 0 Å². The van der Waals surface area contributed by atoms with Crippen molar-refractivity contribution in [3.05, 3.63) is 66.2 Å². The number of carbonyl (C=O) groups is 1. The van der Waals surface area contributed by atoms with Gasteiger partial charge in [0.2, 0.25) is 0 Å². The second-order valence-corrected chi connectivity index (χ2v) is 6.96. The summed E-state index contributed by atoms with van der Waals surface area (Å²) in [7, 11) is 0. The Kier molecular flexibility index (Phi) is 5.61. The second kappa shape index (κ2) is 8.65. The molecule has 1 fully saturated rings. The maximum Gasteiger partial charge on any atom is 0.253 e. The van der Waals surface area contributed by atoms with Gasteiger partial charge >= 0.3 is 0 Å². The number of hydrogen-bond donors (Lipinski definition) is 1. The van der Waals surface area contributed by atoms with Gasteiger partial charge in [0.15, 0.2) is 5.82 Å². The van der Waals surface area contributed by atoms with Crippen LogP contribution in [0.15, 0.2) is 55.1 Å². The summed E-state index contributed by atoms with van der Waals surface area (Å²) in [5.41, 5.74) is 1.50. The SMILES string of the molecule is O=C(NCc1ccc(N2CCCCCC2)nc1)c1ccc(-n2cccn2)nc1. The van der Waals surface area contributed by atoms with Crippen LogP contribution in [0.2, 0.25) is 0 Å². The van der Waals surface area contributed by atoms with Gasteiger partial charge in [-0.05, 0) is 42.7 Å². The van der Waals surface area contributed by atoms with Crippen molar-refractivity contribution in [3.8, 4) is 5.82 Å². The third-order valence-corrected chi connectivity index (χ3v) is 4.94. The van der Waals surface area contributed by atoms with Crippen LogP contribution in [0.4, 0.5) is 5.82 Å². The van der Waals surface area contributed by atoms with E-state index in [1.54, 1.807) is 29.2 Å². The molecule has 0 atom stereocenters. The summed E-state index contributed by atoms with van der Waals surface area (Å²) in [6, 6.07) is 9.44. The molecule has 1 aliphatic rings. The number of rotatable bonds is 5. The Balaban J connectivity index is 1.33. The molecule has 144 valence electrons. The fourth-order valence-electron chi connectivity index (χ4n) is 3.35. The van der Waals surface area contributed by atoms with Crippen molar-refractivity contribution in [3.63, 3.8) is 0 Å². The molecule has 4 heterocycles. The number of pyridine rings is 2. The number of anilines is 1. The summed E-state index contributed by atoms with van der Waals surface area (Å²) >= 11 is 0. The lowest BCUT2D eigenvalue weighted by molar-refractivity contribution is 0.0950. The quantitative estimate of drug-likeness (QED) is 0.741. The van der Waals surface area contributed by atoms with Crippen LogP contribution in [0.1, 0.15) is 41.6 Å². The van der Waals surface area contributed by atoms with Crippen molar-refractivity contribution in [1.29, 1.82) is 0 Å². The number of aromatic nitrogens is 4. The standard InChI is InChI=1S/C21H24N6O/c28-21(18-7-9-20(23-16-18)27-13-5-10-25-27)24-15-17-6-8-19(22-14-17)26-11-3-1-2-4-12-26/h5-10,13-14,16H,1-4,11-12,15H2,(H,24,28). The number of hydrogen-bond acceptors (Lipinski definition) is 5. The zero-order chi connectivity index (χ0) is 19.2. The third-order valence-electron chi connectivity index (χ3n) is 4.94. The smallest absolute Gasteiger partial charge is 0.253 e. The van der Waals surface area contributed by atoms with E-state index >= 15 is 0 Å². The normalized spacial score (nSPS) is 14.5. The maximum atomic E-state index is 12.4. The minimum Gasteiger partial charge on any atom is -0.357 e. The van der Waals surface area contributed by atoms with Gasteiger partial charge in [0, 0.05) is 44.4 Å². The molecule has 1 saturated heterocycles. The maximum absolute atomic E-state index is 12.4. The second-order valence-electron chi connectivity index (χ2n) is 6.96. The zero-order valence-corrected chi connectivity index (χ0v) is 15.8. The Hall–Kier alpha value is -3.22. The Morgan fingerprint density at radius 1 is 0.964 bits per heavy atom. The first-order chi connectivity index (χ1) is 13.8. The van der Waals surface area contributed by atoms with Crippen LogP contribution in [0.25, 0.3) is 5.82 Å². The highest BCUT2D eigenvalue weighted by molar-refractivity contribution is 5.93. The van der Waals surface area contributed by atoms with E-state index in [0.717, 1.165) is 24.5 Å². The molecule has 0 unspecified atom stereocenters. The molecule has 0 spiro atoms. The highest BCUT2D eigenvalue weighted by Crippen LogP contribution is 2.17. The van der Waals surface area contributed by atoms with E-state index in [1.807, 2.05) is 30.6 Å². The largest absolute Gasteiger partial charge is 0.357 e. The van der Waals surface area contributed by atoms with Crippen LogP contribution in [0.5, 0.6) is 0 Å². The van der Waals surface area contributed by atoms with E-state index in [2.05, 4.69) is 25.3 Å². The van der Waals surface area contributed by atoms with Crippen molar-refractivity contribution < 1.29 is 4.79 Å². The average Bonchev–Trinajstić information content (AvgIpc) is 3.15. The molecule has 1 N–H and O–H groups in total. The molecule has 1 amide bonds. The summed E-state index contributed by atoms with van der Waals surface area (Å²) in [6.45, 7) is 2.59. The zero-order valence-electron chi connectivity index (χ0n) is 15.8. The molecule has 0 bridgehead atoms. The average molecular weight is 376 g/mol. The Morgan fingerprint density at radius 2 is 1.75 bits per heavy atom. The molecule has 0 radical (unpaired) electrons. The van der Waals surface area contributed by atoms with E-state index in [9.17, 15) is 4.79 Å². The minimum atomic E-state index is -0.156. The summed E-state index contributed by atoms with van der Waals surface area (Å²) in [4.78, 5) is 23.6. The topological polar surface area (TPSA) is 75.9 Å². The van der Waals surface area contributed by atoms with E-state index in [1.165, 1.54) is 25.7 Å². The molecule has 1 aliphatic heterocycles. The lowest BCUT2D eigenvalue weighted by Gasteiger charge is -2.21. The Bertz CT molecular complexity index is 882. The molecule has 0 aromatic carbocycles. The van der Waals surface area contributed by atoms with Crippen LogP contribution in [0.3, 0.4) is 0 Å². The lowest BCUT2D eigenvalue weighted by Crippen LogP contribution is -2.25. The van der Waals surface area contributed by atoms with Gasteiger partial charge in [-0.2, -0.15) is 5.10 Å². The van der Waals surface area contributed by atoms with Crippen LogP contribution in [-0.4, -0.2) is 38.7 Å². The van der Waals surface area contributed by atoms with Crippen molar-refractivity contribution in [1.82, 2.24) is 25.1 Å². The number of nitrogens with zero attached hydrogens (tertiary/aromatic N) is 5. The molecule has 7 heteroatoms. The molecular weight excluding hydrogens is 352 g/mol. The minimum absolute atomic E-state index is 0.156. The highest BCUT2D eigenvalue weighted by atomic mass is 16.1. The van der Waals surface area contributed by atoms with Gasteiger partial charge in [0.05, 0.1) is 5.56 Å². The van der Waals surface area contributed by atoms with Gasteiger partial charge < -0.3 is 10.2 Å². The molecule has 7 nitrogen and oxygen atoms in total. The fraction of sp³-hybridized carbons (Fsp3) is 0.333. The predicted octanol–water partition coefficient (Wildman–Crippen LogP) is 2.97. The van der Waals surface area contributed by atoms with E-state index in [0.29, 0.717) is 17.9 Å². The number of carbonyl (C=O) groups excluding carboxylic acids is 1. The Morgan fingerprint density at radius 3 is 2.39 bits per heavy atom. The summed E-state index contributed by atoms with van der Waals surface area (Å²) < 4.78 is 1.65. The summed E-state index contributed by atoms with van der Waals surface area (Å²) in [5.74, 6) is 1.54. The van der Waals surface area contributed by atoms with Crippen molar-refractivity contribution >= 4 is 11.7 Å². The highest BCUT2D eigenvalue weighted by Gasteiger charge is 2.11. The Labute approximate surface area is 164 Å². The molecule has 4 rings (SSSR count). The van der Waals surface area contributed by atoms with Crippen LogP contribution in [0, 0.1) is 0 Å². The molecular formula is C21H24N6O. The number of amides is 1. The van der Waals surface area contributed by atoms with Crippen molar-refractivity contribution in [2.45, 2.75) is 32.2 Å². The van der Waals surface area contributed by atoms with E-state index < -0.39 is 0 Å². The van der Waals surface area contributed by atoms with Crippen LogP contribution >= 0.6 is 0 Å². The first kappa shape index (κ1) is 18.2. The first-order valence-electron chi connectivity index (χ1n) is 9.74. The molecule has 0 aliphatic carbocycles. The summed E-state index contributed by atoms with van der Waals surface area (Å²) in [6.07, 6.45) is 12.0. The van der Waals surface area contributed by atoms with Gasteiger partial charge in [0.1, 0.15) is 5.82 Å². The lowest BCUT2D eigenvalue weighted by atomic mass is 10.2. The first-order valence-corrected chi connectivity index (χ1v) is 9.74. The van der Waals surface area contributed by atoms with E-state index in [-0.39, 0.29) is 5.91 Å². The van der Waals surface area contributed by atoms with E-state index in [4.69, 9.17) is 0 Å². The van der Waals surface area contributed by atoms with Crippen LogP contribution in [-0.2, 0) is 6.54 Å². The molecule has 28 heavy (non-hydrogen) atoms. The van der Waals surface area contributed by atoms with Gasteiger partial charge in [-0.15, -0.1) is 0 Å². The monoisotopic (exact) mass is 376 g/mol. The fourth-order valence-corrected chi connectivity index (χ4v) is 3.35. The van der Waals surface area contributed by atoms with Gasteiger partial charge in [-0.1, -0.05) is 18.9 Å². The molecule has 3 aromatic rings. The third kappa shape index (κ3) is 4.36. The van der Waals surface area contributed by atoms with Crippen LogP contribution < -0.4 is 10.2 Å². The van der Waals surface area contributed by atoms with Gasteiger partial charge in [-0.3, -0.25) is 4.79 Å². The van der Waals surface area contributed by atoms with Gasteiger partial charge in [0.25, 0.3) is 5.91 Å². The van der Waals surface area contributed by atoms with Crippen molar-refractivity contribution in [2.75, 3.05) is 18.0 Å². The molecule has 3 aromatic heterocycles.